The summed E-state index contributed by atoms with van der Waals surface area (Å²) in [7, 11) is 0. The van der Waals surface area contributed by atoms with Crippen molar-refractivity contribution in [1.29, 1.82) is 0 Å². The van der Waals surface area contributed by atoms with Crippen LogP contribution in [0.15, 0.2) is 48.5 Å². The van der Waals surface area contributed by atoms with E-state index in [0.717, 1.165) is 57.0 Å². The summed E-state index contributed by atoms with van der Waals surface area (Å²) >= 11 is 0. The molecule has 4 nitrogen and oxygen atoms in total. The van der Waals surface area contributed by atoms with Crippen molar-refractivity contribution >= 4 is 44.1 Å². The highest BCUT2D eigenvalue weighted by Crippen LogP contribution is 2.60. The molecule has 38 heavy (non-hydrogen) atoms. The Labute approximate surface area is 222 Å². The summed E-state index contributed by atoms with van der Waals surface area (Å²) in [5, 5.41) is 0. The Morgan fingerprint density at radius 2 is 0.605 bits per heavy atom. The largest absolute Gasteiger partial charge is 0.244 e. The van der Waals surface area contributed by atoms with Crippen molar-refractivity contribution in [2.45, 2.75) is 65.2 Å². The molecule has 0 unspecified atom stereocenters. The highest BCUT2D eigenvalue weighted by Gasteiger charge is 2.51. The van der Waals surface area contributed by atoms with Crippen LogP contribution in [-0.2, 0) is 10.8 Å². The monoisotopic (exact) mass is 494 g/mol. The Hall–Kier alpha value is -3.92. The van der Waals surface area contributed by atoms with Crippen LogP contribution in [-0.4, -0.2) is 19.9 Å². The minimum Gasteiger partial charge on any atom is -0.244 e. The molecule has 186 valence electrons. The topological polar surface area (TPSA) is 51.6 Å². The Morgan fingerprint density at radius 3 is 0.842 bits per heavy atom. The van der Waals surface area contributed by atoms with Crippen LogP contribution in [0.4, 0.5) is 0 Å². The number of benzene rings is 4. The fourth-order valence-corrected chi connectivity index (χ4v) is 7.12. The van der Waals surface area contributed by atoms with E-state index in [1.165, 1.54) is 44.5 Å². The fraction of sp³-hybridized carbons (Fsp3) is 0.294. The van der Waals surface area contributed by atoms with Gasteiger partial charge in [0.1, 0.15) is 0 Å². The normalized spacial score (nSPS) is 21.9. The molecular weight excluding hydrogens is 464 g/mol. The summed E-state index contributed by atoms with van der Waals surface area (Å²) in [6.07, 6.45) is 2.22. The van der Waals surface area contributed by atoms with Gasteiger partial charge in [-0.25, -0.2) is 19.9 Å². The van der Waals surface area contributed by atoms with Gasteiger partial charge in [0.25, 0.3) is 0 Å². The van der Waals surface area contributed by atoms with Crippen LogP contribution < -0.4 is 0 Å². The van der Waals surface area contributed by atoms with Crippen LogP contribution in [0.2, 0.25) is 0 Å². The Kier molecular flexibility index (Phi) is 4.03. The molecule has 6 aromatic rings. The van der Waals surface area contributed by atoms with Gasteiger partial charge in [-0.05, 0) is 134 Å². The van der Waals surface area contributed by atoms with E-state index in [-0.39, 0.29) is 10.8 Å². The predicted molar refractivity (Wildman–Crippen MR) is 155 cm³/mol. The Bertz CT molecular complexity index is 1770. The number of rotatable bonds is 0. The molecule has 0 spiro atoms. The smallest absolute Gasteiger partial charge is 0.0897 e. The number of hydrogen-bond donors (Lipinski definition) is 0. The van der Waals surface area contributed by atoms with Crippen LogP contribution in [0.25, 0.3) is 44.1 Å². The maximum Gasteiger partial charge on any atom is 0.0897 e. The summed E-state index contributed by atoms with van der Waals surface area (Å²) in [5.41, 5.74) is 18.2. The number of hydrogen-bond acceptors (Lipinski definition) is 4. The van der Waals surface area contributed by atoms with Crippen molar-refractivity contribution in [2.24, 2.45) is 0 Å². The first-order chi connectivity index (χ1) is 18.1. The average molecular weight is 495 g/mol. The lowest BCUT2D eigenvalue weighted by molar-refractivity contribution is 0.328. The van der Waals surface area contributed by atoms with Gasteiger partial charge in [0.15, 0.2) is 0 Å². The van der Waals surface area contributed by atoms with E-state index in [1.54, 1.807) is 0 Å². The molecule has 0 saturated heterocycles. The maximum atomic E-state index is 5.10. The molecule has 4 aromatic carbocycles. The number of fused-ring (bicyclic) bond motifs is 5. The predicted octanol–water partition coefficient (Wildman–Crippen LogP) is 7.83. The van der Waals surface area contributed by atoms with Gasteiger partial charge in [-0.1, -0.05) is 13.8 Å². The van der Waals surface area contributed by atoms with E-state index in [0.29, 0.717) is 0 Å². The minimum absolute atomic E-state index is 0.0928. The van der Waals surface area contributed by atoms with Crippen LogP contribution in [0, 0.1) is 27.7 Å². The van der Waals surface area contributed by atoms with Crippen molar-refractivity contribution < 1.29 is 0 Å². The van der Waals surface area contributed by atoms with Gasteiger partial charge in [0.05, 0.1) is 44.1 Å². The third-order valence-electron chi connectivity index (χ3n) is 9.88. The molecule has 9 rings (SSSR count). The molecule has 3 aliphatic rings. The zero-order valence-electron chi connectivity index (χ0n) is 22.8. The quantitative estimate of drug-likeness (QED) is 0.202. The molecule has 0 radical (unpaired) electrons. The lowest BCUT2D eigenvalue weighted by Crippen LogP contribution is -2.46. The summed E-state index contributed by atoms with van der Waals surface area (Å²) < 4.78 is 0. The molecule has 2 bridgehead atoms. The summed E-state index contributed by atoms with van der Waals surface area (Å²) in [4.78, 5) is 20.4. The van der Waals surface area contributed by atoms with Crippen molar-refractivity contribution in [2.75, 3.05) is 0 Å². The zero-order valence-corrected chi connectivity index (χ0v) is 22.8. The molecule has 0 amide bonds. The Balaban J connectivity index is 1.41. The molecule has 0 fully saturated rings. The van der Waals surface area contributed by atoms with Crippen molar-refractivity contribution in [1.82, 2.24) is 19.9 Å². The molecule has 0 saturated carbocycles. The van der Waals surface area contributed by atoms with E-state index >= 15 is 0 Å². The second-order valence-corrected chi connectivity index (χ2v) is 12.2. The summed E-state index contributed by atoms with van der Waals surface area (Å²) in [6.45, 7) is 13.4. The van der Waals surface area contributed by atoms with E-state index in [9.17, 15) is 0 Å². The first kappa shape index (κ1) is 22.1. The third-order valence-corrected chi connectivity index (χ3v) is 9.88. The van der Waals surface area contributed by atoms with Gasteiger partial charge in [-0.2, -0.15) is 0 Å². The average Bonchev–Trinajstić information content (AvgIpc) is 2.88. The molecule has 3 aliphatic carbocycles. The van der Waals surface area contributed by atoms with Crippen LogP contribution in [0.3, 0.4) is 0 Å². The first-order valence-corrected chi connectivity index (χ1v) is 13.6. The molecule has 0 N–H and O–H groups in total. The van der Waals surface area contributed by atoms with Crippen LogP contribution >= 0.6 is 0 Å². The van der Waals surface area contributed by atoms with Gasteiger partial charge in [-0.15, -0.1) is 0 Å². The highest BCUT2D eigenvalue weighted by molar-refractivity contribution is 5.91. The summed E-state index contributed by atoms with van der Waals surface area (Å²) in [6, 6.07) is 18.0. The van der Waals surface area contributed by atoms with E-state index in [2.05, 4.69) is 90.1 Å². The maximum absolute atomic E-state index is 5.10. The number of aromatic nitrogens is 4. The van der Waals surface area contributed by atoms with Crippen LogP contribution in [0.1, 0.15) is 71.2 Å². The highest BCUT2D eigenvalue weighted by atomic mass is 14.8. The van der Waals surface area contributed by atoms with Gasteiger partial charge in [0.2, 0.25) is 0 Å². The van der Waals surface area contributed by atoms with Crippen LogP contribution in [0.5, 0.6) is 0 Å². The molecule has 0 aliphatic heterocycles. The van der Waals surface area contributed by atoms with Crippen molar-refractivity contribution in [3.8, 4) is 0 Å². The first-order valence-electron chi connectivity index (χ1n) is 13.6. The number of aryl methyl sites for hydroxylation is 4. The zero-order chi connectivity index (χ0) is 26.1. The lowest BCUT2D eigenvalue weighted by Gasteiger charge is -2.53. The second kappa shape index (κ2) is 6.93. The fourth-order valence-electron chi connectivity index (χ4n) is 7.12. The summed E-state index contributed by atoms with van der Waals surface area (Å²) in [5.74, 6) is 0. The van der Waals surface area contributed by atoms with Crippen molar-refractivity contribution in [3.05, 3.63) is 93.0 Å². The second-order valence-electron chi connectivity index (χ2n) is 12.2. The van der Waals surface area contributed by atoms with Gasteiger partial charge in [0, 0.05) is 10.8 Å². The van der Waals surface area contributed by atoms with Crippen molar-refractivity contribution in [3.63, 3.8) is 0 Å². The van der Waals surface area contributed by atoms with E-state index in [1.807, 2.05) is 0 Å². The van der Waals surface area contributed by atoms with Gasteiger partial charge < -0.3 is 0 Å². The number of nitrogens with zero attached hydrogens (tertiary/aromatic N) is 4. The third kappa shape index (κ3) is 2.70. The van der Waals surface area contributed by atoms with E-state index < -0.39 is 0 Å². The Morgan fingerprint density at radius 1 is 0.395 bits per heavy atom. The van der Waals surface area contributed by atoms with Gasteiger partial charge in [-0.3, -0.25) is 0 Å². The molecule has 0 atom stereocenters. The standard InChI is InChI=1S/C34H30N4/c1-17-9-25-26(10-18(17)2)36-30-14-22-21(13-29(30)35-25)33(5)7-8-34(22,6)24-16-32-31(15-23(24)33)37-27-11-19(3)20(4)12-28(27)38-32/h9-16H,7-8H2,1-6H3. The lowest BCUT2D eigenvalue weighted by atomic mass is 9.50. The minimum atomic E-state index is -0.0928. The SMILES string of the molecule is Cc1cc2nc3cc4c(cc3nc2cc1C)C1(C)CCC4(C)c2cc3nc4cc(C)c(C)cc4nc3cc21. The molecule has 2 aromatic heterocycles. The molecule has 4 heteroatoms. The van der Waals surface area contributed by atoms with Gasteiger partial charge >= 0.3 is 0 Å². The molecule has 2 heterocycles. The van der Waals surface area contributed by atoms with E-state index in [4.69, 9.17) is 19.9 Å². The molecular formula is C34H30N4.